The number of anilines is 1. The second kappa shape index (κ2) is 7.26. The molecule has 0 saturated heterocycles. The fourth-order valence-electron chi connectivity index (χ4n) is 2.76. The summed E-state index contributed by atoms with van der Waals surface area (Å²) in [5, 5.41) is 22.2. The smallest absolute Gasteiger partial charge is 0.338 e. The van der Waals surface area contributed by atoms with Crippen molar-refractivity contribution in [2.24, 2.45) is 0 Å². The minimum absolute atomic E-state index is 0.0413. The van der Waals surface area contributed by atoms with Gasteiger partial charge >= 0.3 is 5.97 Å². The zero-order valence-electron chi connectivity index (χ0n) is 17.0. The minimum atomic E-state index is -1.41. The Bertz CT molecular complexity index is 937. The number of phenolic OH excluding ortho intramolecular Hbond substituents is 1. The monoisotopic (exact) mass is 387 g/mol. The van der Waals surface area contributed by atoms with Crippen molar-refractivity contribution in [1.82, 2.24) is 0 Å². The molecule has 150 valence electrons. The van der Waals surface area contributed by atoms with E-state index in [1.165, 1.54) is 6.07 Å². The van der Waals surface area contributed by atoms with E-state index in [-0.39, 0.29) is 27.8 Å². The van der Waals surface area contributed by atoms with Gasteiger partial charge < -0.3 is 15.5 Å². The van der Waals surface area contributed by atoms with Crippen LogP contribution in [0.1, 0.15) is 73.4 Å². The van der Waals surface area contributed by atoms with E-state index in [0.29, 0.717) is 5.56 Å². The number of nitrogens with one attached hydrogen (secondary N) is 1. The van der Waals surface area contributed by atoms with Gasteiger partial charge in [0.1, 0.15) is 11.6 Å². The highest BCUT2D eigenvalue weighted by Gasteiger charge is 2.26. The number of carboxylic acids is 1. The Morgan fingerprint density at radius 1 is 0.964 bits per heavy atom. The van der Waals surface area contributed by atoms with Crippen LogP contribution in [-0.2, 0) is 10.8 Å². The summed E-state index contributed by atoms with van der Waals surface area (Å²) in [5.74, 6) is -3.09. The Morgan fingerprint density at radius 2 is 1.57 bits per heavy atom. The van der Waals surface area contributed by atoms with Crippen LogP contribution >= 0.6 is 0 Å². The highest BCUT2D eigenvalue weighted by atomic mass is 19.1. The number of carbonyl (C=O) groups is 2. The molecular formula is C22H26FNO4. The average molecular weight is 387 g/mol. The first kappa shape index (κ1) is 21.4. The fourth-order valence-corrected chi connectivity index (χ4v) is 2.76. The summed E-state index contributed by atoms with van der Waals surface area (Å²) < 4.78 is 13.9. The lowest BCUT2D eigenvalue weighted by atomic mass is 9.79. The minimum Gasteiger partial charge on any atom is -0.505 e. The third-order valence-electron chi connectivity index (χ3n) is 4.49. The van der Waals surface area contributed by atoms with Crippen LogP contribution in [0.15, 0.2) is 30.3 Å². The highest BCUT2D eigenvalue weighted by Crippen LogP contribution is 2.40. The SMILES string of the molecule is CC(C)(C)c1cc(NC(=O)c2ccc(C(=O)O)c(F)c2)c(O)c(C(C)(C)C)c1. The summed E-state index contributed by atoms with van der Waals surface area (Å²) in [6.45, 7) is 12.0. The average Bonchev–Trinajstić information content (AvgIpc) is 2.53. The lowest BCUT2D eigenvalue weighted by molar-refractivity contribution is 0.0691. The van der Waals surface area contributed by atoms with Crippen molar-refractivity contribution in [2.45, 2.75) is 52.4 Å². The molecule has 6 heteroatoms. The number of aromatic hydroxyl groups is 1. The fraction of sp³-hybridized carbons (Fsp3) is 0.364. The Hall–Kier alpha value is -2.89. The molecule has 28 heavy (non-hydrogen) atoms. The maximum absolute atomic E-state index is 13.9. The van der Waals surface area contributed by atoms with Crippen molar-refractivity contribution in [3.05, 3.63) is 58.4 Å². The van der Waals surface area contributed by atoms with E-state index in [0.717, 1.165) is 17.7 Å². The summed E-state index contributed by atoms with van der Waals surface area (Å²) >= 11 is 0. The predicted octanol–water partition coefficient (Wildman–Crippen LogP) is 5.08. The van der Waals surface area contributed by atoms with E-state index in [9.17, 15) is 19.1 Å². The maximum atomic E-state index is 13.9. The Balaban J connectivity index is 2.49. The molecule has 0 radical (unpaired) electrons. The Labute approximate surface area is 164 Å². The molecule has 0 spiro atoms. The van der Waals surface area contributed by atoms with Gasteiger partial charge in [-0.15, -0.1) is 0 Å². The van der Waals surface area contributed by atoms with E-state index < -0.39 is 23.3 Å². The molecule has 2 aromatic carbocycles. The number of rotatable bonds is 3. The standard InChI is InChI=1S/C22H26FNO4/c1-21(2,3)13-10-15(22(4,5)6)18(25)17(11-13)24-19(26)12-7-8-14(20(27)28)16(23)9-12/h7-11,25H,1-6H3,(H,24,26)(H,27,28). The second-order valence-electron chi connectivity index (χ2n) is 8.87. The number of halogens is 1. The largest absolute Gasteiger partial charge is 0.505 e. The third kappa shape index (κ3) is 4.50. The molecule has 2 aromatic rings. The summed E-state index contributed by atoms with van der Waals surface area (Å²) in [6.07, 6.45) is 0. The number of benzene rings is 2. The van der Waals surface area contributed by atoms with Gasteiger partial charge in [0.05, 0.1) is 11.3 Å². The quantitative estimate of drug-likeness (QED) is 0.641. The molecule has 0 heterocycles. The lowest BCUT2D eigenvalue weighted by Gasteiger charge is -2.27. The summed E-state index contributed by atoms with van der Waals surface area (Å²) in [6, 6.07) is 6.76. The Kier molecular flexibility index (Phi) is 5.55. The molecule has 0 bridgehead atoms. The van der Waals surface area contributed by atoms with Crippen LogP contribution in [0.3, 0.4) is 0 Å². The van der Waals surface area contributed by atoms with Crippen molar-refractivity contribution >= 4 is 17.6 Å². The molecule has 0 atom stereocenters. The molecule has 0 aliphatic heterocycles. The molecule has 0 fully saturated rings. The van der Waals surface area contributed by atoms with Crippen molar-refractivity contribution in [2.75, 3.05) is 5.32 Å². The van der Waals surface area contributed by atoms with Gasteiger partial charge in [-0.25, -0.2) is 9.18 Å². The molecule has 0 saturated carbocycles. The van der Waals surface area contributed by atoms with Gasteiger partial charge in [0, 0.05) is 11.1 Å². The lowest BCUT2D eigenvalue weighted by Crippen LogP contribution is -2.19. The molecular weight excluding hydrogens is 361 g/mol. The van der Waals surface area contributed by atoms with Crippen molar-refractivity contribution in [3.8, 4) is 5.75 Å². The zero-order chi connectivity index (χ0) is 21.4. The third-order valence-corrected chi connectivity index (χ3v) is 4.49. The number of carbonyl (C=O) groups excluding carboxylic acids is 1. The second-order valence-corrected chi connectivity index (χ2v) is 8.87. The van der Waals surface area contributed by atoms with E-state index in [4.69, 9.17) is 5.11 Å². The first-order chi connectivity index (χ1) is 12.7. The molecule has 3 N–H and O–H groups in total. The van der Waals surface area contributed by atoms with Gasteiger partial charge in [-0.3, -0.25) is 4.79 Å². The molecule has 0 aliphatic carbocycles. The van der Waals surface area contributed by atoms with Crippen LogP contribution in [0.4, 0.5) is 10.1 Å². The van der Waals surface area contributed by atoms with E-state index >= 15 is 0 Å². The number of hydrogen-bond donors (Lipinski definition) is 3. The first-order valence-electron chi connectivity index (χ1n) is 8.94. The topological polar surface area (TPSA) is 86.6 Å². The van der Waals surface area contributed by atoms with Gasteiger partial charge in [-0.05, 0) is 40.7 Å². The number of hydrogen-bond acceptors (Lipinski definition) is 3. The molecule has 5 nitrogen and oxygen atoms in total. The van der Waals surface area contributed by atoms with Crippen molar-refractivity contribution < 1.29 is 24.2 Å². The molecule has 2 rings (SSSR count). The highest BCUT2D eigenvalue weighted by molar-refractivity contribution is 6.05. The van der Waals surface area contributed by atoms with E-state index in [2.05, 4.69) is 5.32 Å². The molecule has 0 aliphatic rings. The normalized spacial score (nSPS) is 12.0. The molecule has 1 amide bonds. The molecule has 0 aromatic heterocycles. The van der Waals surface area contributed by atoms with Crippen molar-refractivity contribution in [3.63, 3.8) is 0 Å². The number of carboxylic acid groups (broad SMARTS) is 1. The van der Waals surface area contributed by atoms with Gasteiger partial charge in [0.2, 0.25) is 0 Å². The number of amides is 1. The van der Waals surface area contributed by atoms with Gasteiger partial charge in [-0.1, -0.05) is 47.6 Å². The zero-order valence-corrected chi connectivity index (χ0v) is 17.0. The van der Waals surface area contributed by atoms with Gasteiger partial charge in [-0.2, -0.15) is 0 Å². The summed E-state index contributed by atoms with van der Waals surface area (Å²) in [4.78, 5) is 23.5. The van der Waals surface area contributed by atoms with Crippen LogP contribution in [0.25, 0.3) is 0 Å². The maximum Gasteiger partial charge on any atom is 0.338 e. The predicted molar refractivity (Wildman–Crippen MR) is 107 cm³/mol. The van der Waals surface area contributed by atoms with Crippen LogP contribution in [-0.4, -0.2) is 22.1 Å². The van der Waals surface area contributed by atoms with Crippen LogP contribution in [0.5, 0.6) is 5.75 Å². The summed E-state index contributed by atoms with van der Waals surface area (Å²) in [5.41, 5.74) is 0.706. The van der Waals surface area contributed by atoms with Crippen molar-refractivity contribution in [1.29, 1.82) is 0 Å². The van der Waals surface area contributed by atoms with Gasteiger partial charge in [0.25, 0.3) is 5.91 Å². The summed E-state index contributed by atoms with van der Waals surface area (Å²) in [7, 11) is 0. The first-order valence-corrected chi connectivity index (χ1v) is 8.94. The van der Waals surface area contributed by atoms with Crippen LogP contribution < -0.4 is 5.32 Å². The number of aromatic carboxylic acids is 1. The van der Waals surface area contributed by atoms with E-state index in [1.807, 2.05) is 47.6 Å². The van der Waals surface area contributed by atoms with Crippen LogP contribution in [0.2, 0.25) is 0 Å². The van der Waals surface area contributed by atoms with E-state index in [1.54, 1.807) is 6.07 Å². The van der Waals surface area contributed by atoms with Crippen LogP contribution in [0, 0.1) is 5.82 Å². The Morgan fingerprint density at radius 3 is 2.04 bits per heavy atom. The number of phenols is 1. The van der Waals surface area contributed by atoms with Gasteiger partial charge in [0.15, 0.2) is 0 Å². The molecule has 0 unspecified atom stereocenters.